The van der Waals surface area contributed by atoms with Gasteiger partial charge in [-0.1, -0.05) is 0 Å². The Morgan fingerprint density at radius 3 is 2.00 bits per heavy atom. The van der Waals surface area contributed by atoms with E-state index < -0.39 is 0 Å². The second-order valence-electron chi connectivity index (χ2n) is 8.14. The summed E-state index contributed by atoms with van der Waals surface area (Å²) in [6.45, 7) is 1.27. The quantitative estimate of drug-likeness (QED) is 0.582. The molecule has 3 aliphatic rings. The molecule has 1 saturated heterocycles. The summed E-state index contributed by atoms with van der Waals surface area (Å²) in [5, 5.41) is 3.50. The minimum absolute atomic E-state index is 0.319. The van der Waals surface area contributed by atoms with Crippen LogP contribution in [0.25, 0.3) is 0 Å². The fourth-order valence-corrected chi connectivity index (χ4v) is 4.95. The number of benzene rings is 1. The second kappa shape index (κ2) is 6.83. The molecule has 1 aliphatic heterocycles. The molecule has 0 aromatic heterocycles. The average molecular weight is 329 g/mol. The number of hydrogen-bond donors (Lipinski definition) is 3. The van der Waals surface area contributed by atoms with Gasteiger partial charge in [0.2, 0.25) is 0 Å². The lowest BCUT2D eigenvalue weighted by molar-refractivity contribution is 0.0927. The summed E-state index contributed by atoms with van der Waals surface area (Å²) in [4.78, 5) is 0. The molecule has 0 bridgehead atoms. The first kappa shape index (κ1) is 16.1. The molecular formula is C20H31N3O. The lowest BCUT2D eigenvalue weighted by atomic mass is 9.70. The topological polar surface area (TPSA) is 83.2 Å². The highest BCUT2D eigenvalue weighted by Gasteiger charge is 2.36. The molecule has 0 radical (unpaired) electrons. The molecule has 3 fully saturated rings. The van der Waals surface area contributed by atoms with Crippen LogP contribution in [0.3, 0.4) is 0 Å². The van der Waals surface area contributed by atoms with Gasteiger partial charge in [-0.25, -0.2) is 0 Å². The Balaban J connectivity index is 1.24. The molecule has 0 amide bonds. The van der Waals surface area contributed by atoms with Gasteiger partial charge in [0.05, 0.1) is 11.8 Å². The van der Waals surface area contributed by atoms with E-state index in [0.29, 0.717) is 17.5 Å². The van der Waals surface area contributed by atoms with Gasteiger partial charge < -0.3 is 21.5 Å². The van der Waals surface area contributed by atoms with E-state index >= 15 is 0 Å². The third-order valence-corrected chi connectivity index (χ3v) is 6.54. The van der Waals surface area contributed by atoms with Gasteiger partial charge in [0.25, 0.3) is 0 Å². The Morgan fingerprint density at radius 1 is 0.833 bits per heavy atom. The maximum Gasteiger partial charge on any atom is 0.142 e. The summed E-state index contributed by atoms with van der Waals surface area (Å²) in [6, 6.07) is 6.42. The first-order valence-corrected chi connectivity index (χ1v) is 9.74. The lowest BCUT2D eigenvalue weighted by Crippen LogP contribution is -2.30. The number of nitrogens with one attached hydrogen (secondary N) is 1. The van der Waals surface area contributed by atoms with Crippen LogP contribution in [0.1, 0.15) is 51.4 Å². The first-order valence-electron chi connectivity index (χ1n) is 9.74. The van der Waals surface area contributed by atoms with Crippen molar-refractivity contribution < 1.29 is 4.74 Å². The maximum atomic E-state index is 6.14. The number of nitrogens with two attached hydrogens (primary N) is 2. The van der Waals surface area contributed by atoms with Crippen molar-refractivity contribution in [2.75, 3.05) is 18.0 Å². The van der Waals surface area contributed by atoms with Gasteiger partial charge in [-0.15, -0.1) is 0 Å². The zero-order valence-corrected chi connectivity index (χ0v) is 14.5. The smallest absolute Gasteiger partial charge is 0.142 e. The van der Waals surface area contributed by atoms with Crippen molar-refractivity contribution in [2.24, 2.45) is 17.8 Å². The Bertz CT molecular complexity index is 556. The van der Waals surface area contributed by atoms with Crippen LogP contribution in [0.2, 0.25) is 0 Å². The fourth-order valence-electron chi connectivity index (χ4n) is 4.95. The molecular weight excluding hydrogens is 298 g/mol. The van der Waals surface area contributed by atoms with E-state index in [1.807, 2.05) is 12.1 Å². The van der Waals surface area contributed by atoms with Gasteiger partial charge >= 0.3 is 0 Å². The highest BCUT2D eigenvalue weighted by atomic mass is 16.5. The molecule has 1 aromatic rings. The fraction of sp³-hybridized carbons (Fsp3) is 0.700. The third-order valence-electron chi connectivity index (χ3n) is 6.54. The minimum atomic E-state index is 0.319. The van der Waals surface area contributed by atoms with E-state index in [1.54, 1.807) is 6.07 Å². The molecule has 4 heteroatoms. The maximum absolute atomic E-state index is 6.14. The molecule has 4 nitrogen and oxygen atoms in total. The molecule has 1 heterocycles. The normalized spacial score (nSPS) is 36.2. The van der Waals surface area contributed by atoms with Gasteiger partial charge in [-0.05, 0) is 87.3 Å². The first-order chi connectivity index (χ1) is 11.7. The predicted octanol–water partition coefficient (Wildman–Crippen LogP) is 3.57. The average Bonchev–Trinajstić information content (AvgIpc) is 3.43. The number of ether oxygens (including phenoxy) is 1. The Morgan fingerprint density at radius 2 is 1.42 bits per heavy atom. The van der Waals surface area contributed by atoms with Crippen molar-refractivity contribution in [1.82, 2.24) is 5.32 Å². The minimum Gasteiger partial charge on any atom is -0.488 e. The third kappa shape index (κ3) is 3.64. The van der Waals surface area contributed by atoms with Crippen molar-refractivity contribution in [2.45, 2.75) is 63.5 Å². The second-order valence-corrected chi connectivity index (χ2v) is 8.14. The van der Waals surface area contributed by atoms with E-state index in [2.05, 4.69) is 5.32 Å². The number of rotatable bonds is 4. The van der Waals surface area contributed by atoms with Crippen molar-refractivity contribution in [3.05, 3.63) is 18.2 Å². The monoisotopic (exact) mass is 329 g/mol. The number of nitrogen functional groups attached to an aromatic ring is 2. The molecule has 0 spiro atoms. The summed E-state index contributed by atoms with van der Waals surface area (Å²) in [5.74, 6) is 3.64. The predicted molar refractivity (Wildman–Crippen MR) is 98.9 cm³/mol. The number of hydrogen-bond acceptors (Lipinski definition) is 4. The SMILES string of the molecule is Nc1ccc(OC2CCC(C3CCC(C4CN4)CC3)CC2)c(N)c1. The van der Waals surface area contributed by atoms with E-state index in [-0.39, 0.29) is 0 Å². The molecule has 1 atom stereocenters. The molecule has 5 N–H and O–H groups in total. The van der Waals surface area contributed by atoms with Crippen LogP contribution < -0.4 is 21.5 Å². The van der Waals surface area contributed by atoms with Gasteiger partial charge in [-0.2, -0.15) is 0 Å². The largest absolute Gasteiger partial charge is 0.488 e. The van der Waals surface area contributed by atoms with E-state index in [0.717, 1.165) is 29.5 Å². The molecule has 2 aliphatic carbocycles. The van der Waals surface area contributed by atoms with Crippen LogP contribution in [-0.2, 0) is 0 Å². The molecule has 132 valence electrons. The van der Waals surface area contributed by atoms with E-state index in [9.17, 15) is 0 Å². The van der Waals surface area contributed by atoms with Crippen LogP contribution in [0.4, 0.5) is 11.4 Å². The van der Waals surface area contributed by atoms with Crippen molar-refractivity contribution in [1.29, 1.82) is 0 Å². The lowest BCUT2D eigenvalue weighted by Gasteiger charge is -2.37. The Kier molecular flexibility index (Phi) is 4.57. The Hall–Kier alpha value is -1.42. The van der Waals surface area contributed by atoms with Crippen molar-refractivity contribution in [3.8, 4) is 5.75 Å². The summed E-state index contributed by atoms with van der Waals surface area (Å²) in [7, 11) is 0. The van der Waals surface area contributed by atoms with E-state index in [4.69, 9.17) is 16.2 Å². The van der Waals surface area contributed by atoms with Gasteiger partial charge in [0.15, 0.2) is 0 Å². The molecule has 4 rings (SSSR count). The van der Waals surface area contributed by atoms with Crippen molar-refractivity contribution in [3.63, 3.8) is 0 Å². The van der Waals surface area contributed by atoms with Crippen molar-refractivity contribution >= 4 is 11.4 Å². The van der Waals surface area contributed by atoms with Crippen LogP contribution in [0.5, 0.6) is 5.75 Å². The Labute approximate surface area is 145 Å². The summed E-state index contributed by atoms with van der Waals surface area (Å²) in [6.07, 6.45) is 11.1. The van der Waals surface area contributed by atoms with Gasteiger partial charge in [0, 0.05) is 18.3 Å². The molecule has 2 saturated carbocycles. The summed E-state index contributed by atoms with van der Waals surface area (Å²) < 4.78 is 6.14. The molecule has 1 unspecified atom stereocenters. The highest BCUT2D eigenvalue weighted by Crippen LogP contribution is 2.42. The highest BCUT2D eigenvalue weighted by molar-refractivity contribution is 5.60. The van der Waals surface area contributed by atoms with Crippen LogP contribution in [0.15, 0.2) is 18.2 Å². The van der Waals surface area contributed by atoms with E-state index in [1.165, 1.54) is 57.9 Å². The summed E-state index contributed by atoms with van der Waals surface area (Å²) >= 11 is 0. The molecule has 1 aromatic carbocycles. The number of anilines is 2. The van der Waals surface area contributed by atoms with Crippen LogP contribution >= 0.6 is 0 Å². The summed E-state index contributed by atoms with van der Waals surface area (Å²) in [5.41, 5.74) is 13.1. The van der Waals surface area contributed by atoms with Crippen LogP contribution in [0, 0.1) is 17.8 Å². The standard InChI is InChI=1S/C20H31N3O/c21-16-7-10-20(18(22)11-16)24-17-8-5-14(6-9-17)13-1-3-15(4-2-13)19-12-23-19/h7,10-11,13-15,17,19,23H,1-6,8-9,12,21-22H2. The zero-order chi connectivity index (χ0) is 16.5. The van der Waals surface area contributed by atoms with Gasteiger partial charge in [0.1, 0.15) is 5.75 Å². The van der Waals surface area contributed by atoms with Crippen LogP contribution in [-0.4, -0.2) is 18.7 Å². The van der Waals surface area contributed by atoms with Gasteiger partial charge in [-0.3, -0.25) is 0 Å². The molecule has 24 heavy (non-hydrogen) atoms. The zero-order valence-electron chi connectivity index (χ0n) is 14.5.